The van der Waals surface area contributed by atoms with Crippen molar-refractivity contribution in [1.29, 1.82) is 0 Å². The number of allylic oxidation sites excluding steroid dienone is 6. The number of ether oxygens (including phenoxy) is 1. The van der Waals surface area contributed by atoms with Crippen LogP contribution in [-0.4, -0.2) is 77.5 Å². The van der Waals surface area contributed by atoms with E-state index in [1.807, 2.05) is 27.0 Å². The van der Waals surface area contributed by atoms with Gasteiger partial charge in [-0.25, -0.2) is 4.79 Å². The maximum absolute atomic E-state index is 13.4. The Bertz CT molecular complexity index is 1000. The normalized spacial score (nSPS) is 30.3. The second-order valence-electron chi connectivity index (χ2n) is 11.3. The summed E-state index contributed by atoms with van der Waals surface area (Å²) in [6.45, 7) is 13.8. The van der Waals surface area contributed by atoms with Gasteiger partial charge in [-0.1, -0.05) is 36.3 Å². The Kier molecular flexibility index (Phi) is 10.8. The minimum Gasteiger partial charge on any atom is -0.452 e. The number of hydrogen-bond acceptors (Lipinski definition) is 6. The molecule has 0 aromatic heterocycles. The van der Waals surface area contributed by atoms with Crippen molar-refractivity contribution in [2.45, 2.75) is 72.5 Å². The molecule has 0 bridgehead atoms. The lowest BCUT2D eigenvalue weighted by Crippen LogP contribution is -2.48. The van der Waals surface area contributed by atoms with E-state index in [1.54, 1.807) is 30.9 Å². The van der Waals surface area contributed by atoms with Crippen molar-refractivity contribution in [3.8, 4) is 0 Å². The maximum atomic E-state index is 13.4. The summed E-state index contributed by atoms with van der Waals surface area (Å²) >= 11 is 0. The quantitative estimate of drug-likeness (QED) is 0.249. The van der Waals surface area contributed by atoms with Crippen LogP contribution in [0.25, 0.3) is 0 Å². The SMILES string of the molecule is CC(C)=CCC[C@]1(C)/C=C/[C@@H](OC(=O)C=C(C)C)[C@](C)(O)/C=C/C(=O)/C(C(=O)N2CCN(C)CC2)=C\C1. The smallest absolute Gasteiger partial charge is 0.331 e. The van der Waals surface area contributed by atoms with Crippen LogP contribution in [0, 0.1) is 5.41 Å². The molecule has 0 unspecified atom stereocenters. The highest BCUT2D eigenvalue weighted by atomic mass is 16.6. The Balaban J connectivity index is 2.49. The molecular formula is C30H44N2O5. The number of carbonyl (C=O) groups excluding carboxylic acids is 3. The number of esters is 1. The van der Waals surface area contributed by atoms with Crippen LogP contribution in [0.15, 0.2) is 59.3 Å². The number of likely N-dealkylation sites (N-methyl/N-ethyl adjacent to an activating group) is 1. The average molecular weight is 513 g/mol. The number of hydrogen-bond donors (Lipinski definition) is 1. The van der Waals surface area contributed by atoms with Crippen LogP contribution in [0.1, 0.15) is 60.8 Å². The fourth-order valence-electron chi connectivity index (χ4n) is 4.25. The Hall–Kier alpha value is -2.77. The van der Waals surface area contributed by atoms with Crippen molar-refractivity contribution < 1.29 is 24.2 Å². The van der Waals surface area contributed by atoms with Gasteiger partial charge >= 0.3 is 5.97 Å². The van der Waals surface area contributed by atoms with Gasteiger partial charge in [-0.3, -0.25) is 9.59 Å². The summed E-state index contributed by atoms with van der Waals surface area (Å²) in [6.07, 6.45) is 12.4. The van der Waals surface area contributed by atoms with Crippen molar-refractivity contribution in [1.82, 2.24) is 9.80 Å². The maximum Gasteiger partial charge on any atom is 0.331 e. The van der Waals surface area contributed by atoms with Crippen LogP contribution in [0.5, 0.6) is 0 Å². The fraction of sp³-hybridized carbons (Fsp3) is 0.567. The third-order valence-corrected chi connectivity index (χ3v) is 6.80. The summed E-state index contributed by atoms with van der Waals surface area (Å²) in [5.41, 5.74) is -0.00910. The molecule has 37 heavy (non-hydrogen) atoms. The molecule has 1 aliphatic carbocycles. The molecule has 7 heteroatoms. The predicted octanol–water partition coefficient (Wildman–Crippen LogP) is 4.15. The molecule has 0 saturated carbocycles. The van der Waals surface area contributed by atoms with Crippen LogP contribution in [0.4, 0.5) is 0 Å². The molecule has 0 radical (unpaired) electrons. The highest BCUT2D eigenvalue weighted by molar-refractivity contribution is 6.23. The summed E-state index contributed by atoms with van der Waals surface area (Å²) in [5.74, 6) is -1.32. The summed E-state index contributed by atoms with van der Waals surface area (Å²) in [7, 11) is 2.01. The Morgan fingerprint density at radius 1 is 1.08 bits per heavy atom. The van der Waals surface area contributed by atoms with Crippen LogP contribution < -0.4 is 0 Å². The Labute approximate surface area is 222 Å². The zero-order valence-electron chi connectivity index (χ0n) is 23.5. The second-order valence-corrected chi connectivity index (χ2v) is 11.3. The Morgan fingerprint density at radius 3 is 2.32 bits per heavy atom. The van der Waals surface area contributed by atoms with Gasteiger partial charge in [0.2, 0.25) is 0 Å². The molecule has 1 N–H and O–H groups in total. The van der Waals surface area contributed by atoms with Gasteiger partial charge in [0.15, 0.2) is 11.9 Å². The standard InChI is InChI=1S/C30H44N2O5/c1-22(2)9-8-13-29(5)14-10-24(28(35)32-19-17-31(7)18-20-32)25(33)11-16-30(6,36)26(12-15-29)37-27(34)21-23(3)4/h9-12,15-16,21,26,36H,8,13-14,17-20H2,1-7H3/b15-12+,16-11+,24-10+/t26-,29+,30-/m1/s1. The van der Waals surface area contributed by atoms with Crippen molar-refractivity contribution in [3.05, 3.63) is 59.3 Å². The van der Waals surface area contributed by atoms with Gasteiger partial charge in [-0.05, 0) is 84.6 Å². The first kappa shape index (κ1) is 30.5. The first-order valence-corrected chi connectivity index (χ1v) is 13.0. The lowest BCUT2D eigenvalue weighted by molar-refractivity contribution is -0.148. The van der Waals surface area contributed by atoms with E-state index in [0.29, 0.717) is 19.5 Å². The van der Waals surface area contributed by atoms with E-state index < -0.39 is 28.9 Å². The first-order chi connectivity index (χ1) is 17.2. The largest absolute Gasteiger partial charge is 0.452 e. The van der Waals surface area contributed by atoms with Gasteiger partial charge in [0.05, 0.1) is 5.57 Å². The Morgan fingerprint density at radius 2 is 1.73 bits per heavy atom. The molecular weight excluding hydrogens is 468 g/mol. The third kappa shape index (κ3) is 9.56. The van der Waals surface area contributed by atoms with Gasteiger partial charge in [0.1, 0.15) is 5.60 Å². The van der Waals surface area contributed by atoms with E-state index in [4.69, 9.17) is 4.74 Å². The molecule has 3 atom stereocenters. The van der Waals surface area contributed by atoms with E-state index in [1.165, 1.54) is 30.7 Å². The summed E-state index contributed by atoms with van der Waals surface area (Å²) in [5, 5.41) is 11.3. The first-order valence-electron chi connectivity index (χ1n) is 13.0. The summed E-state index contributed by atoms with van der Waals surface area (Å²) in [6, 6.07) is 0. The molecule has 1 heterocycles. The van der Waals surface area contributed by atoms with E-state index in [2.05, 4.69) is 17.9 Å². The number of nitrogens with zero attached hydrogens (tertiary/aromatic N) is 2. The molecule has 1 aliphatic heterocycles. The number of ketones is 1. The highest BCUT2D eigenvalue weighted by Gasteiger charge is 2.34. The molecule has 2 aliphatic rings. The second kappa shape index (κ2) is 13.2. The molecule has 1 saturated heterocycles. The summed E-state index contributed by atoms with van der Waals surface area (Å²) in [4.78, 5) is 43.0. The van der Waals surface area contributed by atoms with Gasteiger partial charge in [0, 0.05) is 32.3 Å². The van der Waals surface area contributed by atoms with Crippen LogP contribution in [-0.2, 0) is 19.1 Å². The topological polar surface area (TPSA) is 87.1 Å². The van der Waals surface area contributed by atoms with E-state index in [-0.39, 0.29) is 11.5 Å². The molecule has 204 valence electrons. The lowest BCUT2D eigenvalue weighted by atomic mass is 9.80. The average Bonchev–Trinajstić information content (AvgIpc) is 2.81. The molecule has 7 nitrogen and oxygen atoms in total. The number of piperazine rings is 1. The number of amides is 1. The number of rotatable bonds is 6. The van der Waals surface area contributed by atoms with Gasteiger partial charge in [0.25, 0.3) is 5.91 Å². The van der Waals surface area contributed by atoms with Crippen molar-refractivity contribution in [2.75, 3.05) is 33.2 Å². The predicted molar refractivity (Wildman–Crippen MR) is 147 cm³/mol. The van der Waals surface area contributed by atoms with Crippen LogP contribution in [0.2, 0.25) is 0 Å². The van der Waals surface area contributed by atoms with Crippen molar-refractivity contribution >= 4 is 17.7 Å². The lowest BCUT2D eigenvalue weighted by Gasteiger charge is -2.33. The molecule has 1 fully saturated rings. The minimum absolute atomic E-state index is 0.110. The summed E-state index contributed by atoms with van der Waals surface area (Å²) < 4.78 is 5.62. The van der Waals surface area contributed by atoms with Crippen molar-refractivity contribution in [2.24, 2.45) is 5.41 Å². The molecule has 0 spiro atoms. The van der Waals surface area contributed by atoms with Gasteiger partial charge < -0.3 is 19.6 Å². The minimum atomic E-state index is -1.66. The molecule has 1 amide bonds. The van der Waals surface area contributed by atoms with Crippen LogP contribution >= 0.6 is 0 Å². The van der Waals surface area contributed by atoms with Gasteiger partial charge in [-0.15, -0.1) is 0 Å². The fourth-order valence-corrected chi connectivity index (χ4v) is 4.25. The van der Waals surface area contributed by atoms with Gasteiger partial charge in [-0.2, -0.15) is 0 Å². The third-order valence-electron chi connectivity index (χ3n) is 6.80. The van der Waals surface area contributed by atoms with E-state index in [9.17, 15) is 19.5 Å². The zero-order chi connectivity index (χ0) is 27.8. The highest BCUT2D eigenvalue weighted by Crippen LogP contribution is 2.33. The monoisotopic (exact) mass is 512 g/mol. The molecule has 2 rings (SSSR count). The molecule has 0 aromatic carbocycles. The van der Waals surface area contributed by atoms with Crippen LogP contribution in [0.3, 0.4) is 0 Å². The molecule has 0 aromatic rings. The van der Waals surface area contributed by atoms with E-state index in [0.717, 1.165) is 31.5 Å². The zero-order valence-corrected chi connectivity index (χ0v) is 23.5. The van der Waals surface area contributed by atoms with E-state index >= 15 is 0 Å². The number of carbonyl (C=O) groups is 3. The number of aliphatic hydroxyl groups is 1. The van der Waals surface area contributed by atoms with Crippen molar-refractivity contribution in [3.63, 3.8) is 0 Å².